The predicted molar refractivity (Wildman–Crippen MR) is 107 cm³/mol. The maximum Gasteiger partial charge on any atom is 0.191 e. The number of nitrogens with one attached hydrogen (secondary N) is 2. The van der Waals surface area contributed by atoms with Crippen LogP contribution in [0.5, 0.6) is 0 Å². The van der Waals surface area contributed by atoms with Crippen LogP contribution in [0.1, 0.15) is 18.1 Å². The summed E-state index contributed by atoms with van der Waals surface area (Å²) in [4.78, 5) is 0.269. The molecule has 8 heteroatoms. The molecule has 0 aliphatic rings. The number of halogens is 1. The van der Waals surface area contributed by atoms with Crippen molar-refractivity contribution in [2.75, 3.05) is 11.6 Å². The molecule has 2 N–H and O–H groups in total. The van der Waals surface area contributed by atoms with Gasteiger partial charge in [0.25, 0.3) is 0 Å². The standard InChI is InChI=1S/C17H18ClN3O2S2/c1-11-15(18)5-4-6-16(11)19-17(24)21-20-12(2)13-7-9-14(10-8-13)25(3,22)23/h4-10H,1-3H3,(H2,19,21,24)/b20-12-. The maximum absolute atomic E-state index is 11.5. The fourth-order valence-electron chi connectivity index (χ4n) is 2.04. The molecule has 0 amide bonds. The highest BCUT2D eigenvalue weighted by molar-refractivity contribution is 7.90. The molecule has 2 rings (SSSR count). The third kappa shape index (κ3) is 5.26. The van der Waals surface area contributed by atoms with Gasteiger partial charge in [0.2, 0.25) is 0 Å². The summed E-state index contributed by atoms with van der Waals surface area (Å²) in [6.45, 7) is 3.70. The highest BCUT2D eigenvalue weighted by atomic mass is 35.5. The van der Waals surface area contributed by atoms with Gasteiger partial charge in [0.1, 0.15) is 0 Å². The molecule has 132 valence electrons. The Morgan fingerprint density at radius 3 is 2.40 bits per heavy atom. The van der Waals surface area contributed by atoms with E-state index in [0.29, 0.717) is 15.8 Å². The van der Waals surface area contributed by atoms with Gasteiger partial charge in [-0.3, -0.25) is 5.43 Å². The summed E-state index contributed by atoms with van der Waals surface area (Å²) in [5.74, 6) is 0. The number of hydrogen-bond acceptors (Lipinski definition) is 4. The van der Waals surface area contributed by atoms with Gasteiger partial charge in [-0.1, -0.05) is 29.8 Å². The third-order valence-corrected chi connectivity index (χ3v) is 5.27. The predicted octanol–water partition coefficient (Wildman–Crippen LogP) is 3.76. The average Bonchev–Trinajstić information content (AvgIpc) is 2.56. The van der Waals surface area contributed by atoms with Crippen molar-refractivity contribution in [2.24, 2.45) is 5.10 Å². The molecule has 0 saturated carbocycles. The Labute approximate surface area is 158 Å². The fraction of sp³-hybridized carbons (Fsp3) is 0.176. The van der Waals surface area contributed by atoms with Crippen LogP contribution < -0.4 is 10.7 Å². The Hall–Kier alpha value is -1.96. The van der Waals surface area contributed by atoms with E-state index in [4.69, 9.17) is 23.8 Å². The Balaban J connectivity index is 2.05. The van der Waals surface area contributed by atoms with Gasteiger partial charge in [0.05, 0.1) is 10.6 Å². The van der Waals surface area contributed by atoms with E-state index in [0.717, 1.165) is 16.8 Å². The van der Waals surface area contributed by atoms with Crippen LogP contribution in [0.2, 0.25) is 5.02 Å². The van der Waals surface area contributed by atoms with E-state index < -0.39 is 9.84 Å². The normalized spacial score (nSPS) is 11.9. The monoisotopic (exact) mass is 395 g/mol. The van der Waals surface area contributed by atoms with Crippen molar-refractivity contribution in [3.05, 3.63) is 58.6 Å². The molecule has 0 heterocycles. The highest BCUT2D eigenvalue weighted by Gasteiger charge is 2.07. The lowest BCUT2D eigenvalue weighted by Gasteiger charge is -2.11. The number of nitrogens with zero attached hydrogens (tertiary/aromatic N) is 1. The van der Waals surface area contributed by atoms with Gasteiger partial charge in [0.15, 0.2) is 14.9 Å². The van der Waals surface area contributed by atoms with Gasteiger partial charge in [-0.15, -0.1) is 0 Å². The van der Waals surface area contributed by atoms with Crippen molar-refractivity contribution < 1.29 is 8.42 Å². The van der Waals surface area contributed by atoms with E-state index in [1.807, 2.05) is 19.1 Å². The number of hydrazone groups is 1. The topological polar surface area (TPSA) is 70.6 Å². The van der Waals surface area contributed by atoms with E-state index in [1.165, 1.54) is 6.26 Å². The molecule has 5 nitrogen and oxygen atoms in total. The molecule has 0 aromatic heterocycles. The molecule has 0 aliphatic heterocycles. The van der Waals surface area contributed by atoms with Crippen LogP contribution in [0.3, 0.4) is 0 Å². The molecule has 2 aromatic carbocycles. The van der Waals surface area contributed by atoms with Gasteiger partial charge in [-0.25, -0.2) is 8.42 Å². The van der Waals surface area contributed by atoms with Crippen molar-refractivity contribution >= 4 is 50.2 Å². The van der Waals surface area contributed by atoms with Gasteiger partial charge >= 0.3 is 0 Å². The lowest BCUT2D eigenvalue weighted by molar-refractivity contribution is 0.602. The number of anilines is 1. The Kier molecular flexibility index (Phi) is 6.16. The van der Waals surface area contributed by atoms with Crippen molar-refractivity contribution in [1.82, 2.24) is 5.43 Å². The van der Waals surface area contributed by atoms with E-state index >= 15 is 0 Å². The summed E-state index contributed by atoms with van der Waals surface area (Å²) in [7, 11) is -3.21. The smallest absolute Gasteiger partial charge is 0.191 e. The Morgan fingerprint density at radius 1 is 1.16 bits per heavy atom. The first-order valence-corrected chi connectivity index (χ1v) is 10.0. The molecule has 0 atom stereocenters. The van der Waals surface area contributed by atoms with E-state index in [-0.39, 0.29) is 4.90 Å². The first kappa shape index (κ1) is 19.4. The second-order valence-electron chi connectivity index (χ2n) is 5.47. The maximum atomic E-state index is 11.5. The molecule has 0 radical (unpaired) electrons. The molecule has 2 aromatic rings. The van der Waals surface area contributed by atoms with Crippen molar-refractivity contribution in [1.29, 1.82) is 0 Å². The van der Waals surface area contributed by atoms with Gasteiger partial charge in [-0.05, 0) is 61.5 Å². The summed E-state index contributed by atoms with van der Waals surface area (Å²) in [5, 5.41) is 8.23. The van der Waals surface area contributed by atoms with Crippen LogP contribution in [0.4, 0.5) is 5.69 Å². The molecule has 0 aliphatic carbocycles. The SMILES string of the molecule is C/C(=N/NC(=S)Nc1cccc(Cl)c1C)c1ccc(S(C)(=O)=O)cc1. The molecule has 0 unspecified atom stereocenters. The first-order chi connectivity index (χ1) is 11.7. The number of sulfone groups is 1. The lowest BCUT2D eigenvalue weighted by Crippen LogP contribution is -2.25. The quantitative estimate of drug-likeness (QED) is 0.468. The zero-order chi connectivity index (χ0) is 18.6. The summed E-state index contributed by atoms with van der Waals surface area (Å²) < 4.78 is 23.0. The van der Waals surface area contributed by atoms with Crippen LogP contribution in [-0.2, 0) is 9.84 Å². The number of thiocarbonyl (C=S) groups is 1. The molecule has 0 spiro atoms. The molecule has 25 heavy (non-hydrogen) atoms. The largest absolute Gasteiger partial charge is 0.331 e. The lowest BCUT2D eigenvalue weighted by atomic mass is 10.1. The molecule has 0 bridgehead atoms. The van der Waals surface area contributed by atoms with Crippen molar-refractivity contribution in [2.45, 2.75) is 18.7 Å². The van der Waals surface area contributed by atoms with Crippen molar-refractivity contribution in [3.63, 3.8) is 0 Å². The minimum atomic E-state index is -3.21. The minimum absolute atomic E-state index is 0.269. The number of rotatable bonds is 4. The van der Waals surface area contributed by atoms with E-state index in [1.54, 1.807) is 37.3 Å². The molecular formula is C17H18ClN3O2S2. The average molecular weight is 396 g/mol. The summed E-state index contributed by atoms with van der Waals surface area (Å²) in [6.07, 6.45) is 1.17. The number of hydrogen-bond donors (Lipinski definition) is 2. The van der Waals surface area contributed by atoms with E-state index in [9.17, 15) is 8.42 Å². The minimum Gasteiger partial charge on any atom is -0.331 e. The third-order valence-electron chi connectivity index (χ3n) is 3.54. The van der Waals surface area contributed by atoms with Crippen LogP contribution in [0, 0.1) is 6.92 Å². The summed E-state index contributed by atoms with van der Waals surface area (Å²) in [6, 6.07) is 12.0. The number of benzene rings is 2. The zero-order valence-electron chi connectivity index (χ0n) is 14.0. The Morgan fingerprint density at radius 2 is 1.80 bits per heavy atom. The molecule has 0 fully saturated rings. The molecular weight excluding hydrogens is 378 g/mol. The molecule has 0 saturated heterocycles. The van der Waals surface area contributed by atoms with Crippen LogP contribution in [0.25, 0.3) is 0 Å². The van der Waals surface area contributed by atoms with Gasteiger partial charge < -0.3 is 5.32 Å². The van der Waals surface area contributed by atoms with Gasteiger partial charge in [-0.2, -0.15) is 5.10 Å². The second kappa shape index (κ2) is 7.95. The Bertz CT molecular complexity index is 923. The van der Waals surface area contributed by atoms with Crippen LogP contribution in [-0.4, -0.2) is 25.5 Å². The summed E-state index contributed by atoms with van der Waals surface area (Å²) >= 11 is 11.3. The van der Waals surface area contributed by atoms with Gasteiger partial charge in [0, 0.05) is 17.0 Å². The zero-order valence-corrected chi connectivity index (χ0v) is 16.4. The van der Waals surface area contributed by atoms with Crippen LogP contribution >= 0.6 is 23.8 Å². The highest BCUT2D eigenvalue weighted by Crippen LogP contribution is 2.22. The van der Waals surface area contributed by atoms with Crippen molar-refractivity contribution in [3.8, 4) is 0 Å². The second-order valence-corrected chi connectivity index (χ2v) is 8.30. The first-order valence-electron chi connectivity index (χ1n) is 7.35. The van der Waals surface area contributed by atoms with E-state index in [2.05, 4.69) is 15.8 Å². The van der Waals surface area contributed by atoms with Crippen LogP contribution in [0.15, 0.2) is 52.5 Å². The fourth-order valence-corrected chi connectivity index (χ4v) is 3.00. The summed E-state index contributed by atoms with van der Waals surface area (Å²) in [5.41, 5.74) is 5.93.